The molecule has 0 aliphatic carbocycles. The maximum atomic E-state index is 14.0. The maximum absolute atomic E-state index is 14.0. The highest BCUT2D eigenvalue weighted by molar-refractivity contribution is 7.16. The number of nitrogens with zero attached hydrogens (tertiary/aromatic N) is 5. The van der Waals surface area contributed by atoms with Crippen molar-refractivity contribution in [2.75, 3.05) is 36.5 Å². The van der Waals surface area contributed by atoms with Gasteiger partial charge in [0.1, 0.15) is 17.3 Å². The van der Waals surface area contributed by atoms with Crippen molar-refractivity contribution in [3.8, 4) is 11.3 Å². The lowest BCUT2D eigenvalue weighted by molar-refractivity contribution is 0.0910. The first-order chi connectivity index (χ1) is 20.0. The Morgan fingerprint density at radius 1 is 1.10 bits per heavy atom. The molecular weight excluding hydrogens is 588 g/mol. The molecule has 1 saturated heterocycles. The van der Waals surface area contributed by atoms with Gasteiger partial charge in [0.15, 0.2) is 5.78 Å². The number of rotatable bonds is 9. The van der Waals surface area contributed by atoms with Gasteiger partial charge >= 0.3 is 5.91 Å². The van der Waals surface area contributed by atoms with Crippen LogP contribution in [-0.2, 0) is 17.8 Å². The zero-order chi connectivity index (χ0) is 28.3. The molecule has 1 fully saturated rings. The van der Waals surface area contributed by atoms with Crippen LogP contribution in [0, 0.1) is 0 Å². The summed E-state index contributed by atoms with van der Waals surface area (Å²) in [7, 11) is 0. The molecule has 6 rings (SSSR count). The molecule has 0 aromatic carbocycles. The molecule has 210 valence electrons. The molecule has 0 saturated carbocycles. The van der Waals surface area contributed by atoms with Gasteiger partial charge in [0.2, 0.25) is 5.76 Å². The van der Waals surface area contributed by atoms with Crippen LogP contribution in [0.2, 0.25) is 4.34 Å². The Bertz CT molecular complexity index is 1740. The smallest absolute Gasteiger partial charge is 0.318 e. The predicted molar refractivity (Wildman–Crippen MR) is 156 cm³/mol. The molecule has 0 atom stereocenters. The van der Waals surface area contributed by atoms with Gasteiger partial charge in [0, 0.05) is 30.1 Å². The number of carbonyl (C=O) groups is 2. The Labute approximate surface area is 246 Å². The monoisotopic (exact) mass is 610 g/mol. The van der Waals surface area contributed by atoms with Gasteiger partial charge in [-0.05, 0) is 35.7 Å². The summed E-state index contributed by atoms with van der Waals surface area (Å²) in [6.45, 7) is 2.46. The average Bonchev–Trinajstić information content (AvgIpc) is 3.81. The summed E-state index contributed by atoms with van der Waals surface area (Å²) in [5.41, 5.74) is 0.111. The molecule has 5 aromatic heterocycles. The summed E-state index contributed by atoms with van der Waals surface area (Å²) in [6, 6.07) is 13.8. The standard InChI is InChI=1S/C27H23ClN6O5S2/c28-23-5-3-17(41-23)15-29-24-14-19(31-34(24)27(37)21-7-8-30-39-21)18-4-6-25(32-9-11-38-12-10-32)33(26(18)36)16-20(35)22-2-1-13-40-22/h1-8,13-14,29H,9-12,15-16H2. The number of morpholine rings is 1. The number of nitrogens with one attached hydrogen (secondary N) is 1. The van der Waals surface area contributed by atoms with Gasteiger partial charge in [-0.25, -0.2) is 0 Å². The molecule has 1 aliphatic heterocycles. The van der Waals surface area contributed by atoms with Gasteiger partial charge in [-0.3, -0.25) is 19.0 Å². The number of carbonyl (C=O) groups excluding carboxylic acids is 2. The van der Waals surface area contributed by atoms with Crippen molar-refractivity contribution >= 4 is 57.6 Å². The van der Waals surface area contributed by atoms with Gasteiger partial charge < -0.3 is 19.5 Å². The molecule has 1 aliphatic rings. The maximum Gasteiger partial charge on any atom is 0.318 e. The minimum absolute atomic E-state index is 0.0107. The first-order valence-corrected chi connectivity index (χ1v) is 14.7. The summed E-state index contributed by atoms with van der Waals surface area (Å²) in [6.07, 6.45) is 1.37. The molecule has 5 aromatic rings. The molecule has 0 spiro atoms. The Kier molecular flexibility index (Phi) is 7.83. The van der Waals surface area contributed by atoms with Crippen molar-refractivity contribution < 1.29 is 18.8 Å². The highest BCUT2D eigenvalue weighted by atomic mass is 35.5. The van der Waals surface area contributed by atoms with Crippen molar-refractivity contribution in [1.29, 1.82) is 0 Å². The summed E-state index contributed by atoms with van der Waals surface area (Å²) < 4.78 is 13.8. The number of ether oxygens (including phenoxy) is 1. The Morgan fingerprint density at radius 3 is 2.66 bits per heavy atom. The fourth-order valence-corrected chi connectivity index (χ4v) is 6.18. The topological polar surface area (TPSA) is 124 Å². The van der Waals surface area contributed by atoms with Crippen LogP contribution in [0.25, 0.3) is 11.3 Å². The molecular formula is C27H23ClN6O5S2. The molecule has 41 heavy (non-hydrogen) atoms. The lowest BCUT2D eigenvalue weighted by Crippen LogP contribution is -2.40. The fourth-order valence-electron chi connectivity index (χ4n) is 4.49. The van der Waals surface area contributed by atoms with E-state index in [9.17, 15) is 14.4 Å². The quantitative estimate of drug-likeness (QED) is 0.240. The number of hydrogen-bond donors (Lipinski definition) is 1. The van der Waals surface area contributed by atoms with Crippen LogP contribution in [0.5, 0.6) is 0 Å². The van der Waals surface area contributed by atoms with E-state index >= 15 is 0 Å². The number of ketones is 1. The van der Waals surface area contributed by atoms with E-state index in [0.717, 1.165) is 9.56 Å². The molecule has 0 radical (unpaired) electrons. The number of Topliss-reactive ketones (excluding diaryl/α,β-unsaturated/α-hetero) is 1. The summed E-state index contributed by atoms with van der Waals surface area (Å²) in [5.74, 6) is 0.236. The zero-order valence-corrected chi connectivity index (χ0v) is 23.9. The van der Waals surface area contributed by atoms with Gasteiger partial charge in [0.05, 0.1) is 47.3 Å². The van der Waals surface area contributed by atoms with Crippen molar-refractivity contribution in [2.45, 2.75) is 13.1 Å². The highest BCUT2D eigenvalue weighted by Crippen LogP contribution is 2.26. The van der Waals surface area contributed by atoms with Crippen molar-refractivity contribution in [3.63, 3.8) is 0 Å². The Morgan fingerprint density at radius 2 is 1.95 bits per heavy atom. The number of anilines is 2. The molecule has 0 bridgehead atoms. The number of aromatic nitrogens is 4. The second kappa shape index (κ2) is 11.8. The molecule has 1 N–H and O–H groups in total. The lowest BCUT2D eigenvalue weighted by Gasteiger charge is -2.31. The van der Waals surface area contributed by atoms with Crippen LogP contribution in [-0.4, -0.2) is 57.5 Å². The van der Waals surface area contributed by atoms with Crippen LogP contribution < -0.4 is 15.8 Å². The highest BCUT2D eigenvalue weighted by Gasteiger charge is 2.24. The largest absolute Gasteiger partial charge is 0.378 e. The zero-order valence-electron chi connectivity index (χ0n) is 21.5. The third-order valence-corrected chi connectivity index (χ3v) is 8.62. The van der Waals surface area contributed by atoms with Crippen molar-refractivity contribution in [1.82, 2.24) is 19.5 Å². The molecule has 6 heterocycles. The Balaban J connectivity index is 1.40. The van der Waals surface area contributed by atoms with Gasteiger partial charge in [-0.2, -0.15) is 9.78 Å². The van der Waals surface area contributed by atoms with Crippen LogP contribution in [0.1, 0.15) is 25.1 Å². The molecule has 11 nitrogen and oxygen atoms in total. The van der Waals surface area contributed by atoms with Crippen molar-refractivity contribution in [3.05, 3.63) is 90.3 Å². The predicted octanol–water partition coefficient (Wildman–Crippen LogP) is 4.50. The number of thiophene rings is 2. The third kappa shape index (κ3) is 5.75. The van der Waals surface area contributed by atoms with Gasteiger partial charge in [-0.15, -0.1) is 22.7 Å². The normalized spacial score (nSPS) is 13.4. The third-order valence-electron chi connectivity index (χ3n) is 6.48. The molecule has 0 unspecified atom stereocenters. The van der Waals surface area contributed by atoms with E-state index in [1.807, 2.05) is 22.4 Å². The fraction of sp³-hybridized carbons (Fsp3) is 0.222. The summed E-state index contributed by atoms with van der Waals surface area (Å²) >= 11 is 8.81. The minimum Gasteiger partial charge on any atom is -0.378 e. The van der Waals surface area contributed by atoms with E-state index in [0.29, 0.717) is 53.7 Å². The molecule has 14 heteroatoms. The minimum atomic E-state index is -0.557. The first kappa shape index (κ1) is 27.1. The van der Waals surface area contributed by atoms with Crippen LogP contribution >= 0.6 is 34.3 Å². The summed E-state index contributed by atoms with van der Waals surface area (Å²) in [4.78, 5) is 43.9. The van der Waals surface area contributed by atoms with E-state index in [2.05, 4.69) is 15.6 Å². The van der Waals surface area contributed by atoms with Crippen LogP contribution in [0.15, 0.2) is 69.4 Å². The summed E-state index contributed by atoms with van der Waals surface area (Å²) in [5, 5.41) is 13.1. The van der Waals surface area contributed by atoms with Gasteiger partial charge in [0.25, 0.3) is 5.56 Å². The van der Waals surface area contributed by atoms with Crippen LogP contribution in [0.3, 0.4) is 0 Å². The van der Waals surface area contributed by atoms with E-state index in [1.54, 1.807) is 30.3 Å². The Hall–Kier alpha value is -4.04. The van der Waals surface area contributed by atoms with Crippen molar-refractivity contribution in [2.24, 2.45) is 0 Å². The number of hydrogen-bond acceptors (Lipinski definition) is 11. The second-order valence-corrected chi connectivity index (χ2v) is 11.8. The second-order valence-electron chi connectivity index (χ2n) is 9.06. The molecule has 0 amide bonds. The van der Waals surface area contributed by atoms with E-state index in [4.69, 9.17) is 20.9 Å². The average molecular weight is 611 g/mol. The van der Waals surface area contributed by atoms with E-state index in [-0.39, 0.29) is 29.3 Å². The van der Waals surface area contributed by atoms with Gasteiger partial charge in [-0.1, -0.05) is 22.8 Å². The SMILES string of the molecule is O=C(Cn1c(N2CCOCC2)ccc(-c2cc(NCc3ccc(Cl)s3)n(C(=O)c3ccno3)n2)c1=O)c1cccs1. The number of pyridine rings is 1. The van der Waals surface area contributed by atoms with Crippen LogP contribution in [0.4, 0.5) is 11.6 Å². The number of halogens is 1. The van der Waals surface area contributed by atoms with E-state index in [1.165, 1.54) is 39.5 Å². The lowest BCUT2D eigenvalue weighted by atomic mass is 10.2. The van der Waals surface area contributed by atoms with E-state index < -0.39 is 11.5 Å². The first-order valence-electron chi connectivity index (χ1n) is 12.6.